The topological polar surface area (TPSA) is 0 Å². The molecule has 0 saturated heterocycles. The van der Waals surface area contributed by atoms with E-state index in [0.29, 0.717) is 5.92 Å². The molecule has 1 aliphatic rings. The third-order valence-corrected chi connectivity index (χ3v) is 2.76. The van der Waals surface area contributed by atoms with Crippen LogP contribution >= 0.6 is 0 Å². The summed E-state index contributed by atoms with van der Waals surface area (Å²) >= 11 is 0. The first-order valence-electron chi connectivity index (χ1n) is 6.26. The fourth-order valence-electron chi connectivity index (χ4n) is 1.90. The van der Waals surface area contributed by atoms with Crippen molar-refractivity contribution in [3.8, 4) is 0 Å². The van der Waals surface area contributed by atoms with Gasteiger partial charge >= 0.3 is 0 Å². The number of allylic oxidation sites excluding steroid dienone is 4. The standard InChI is InChI=1S/C14H16.C2H6/c1-12-6-5-9-14(11-10-12)13-7-3-2-4-8-13;1-2/h2-4,6-8,10-11,14H,5,9H2,1H3;1-2H3. The molecule has 1 aromatic carbocycles. The van der Waals surface area contributed by atoms with Crippen molar-refractivity contribution in [2.75, 3.05) is 0 Å². The lowest BCUT2D eigenvalue weighted by molar-refractivity contribution is 0.756. The quantitative estimate of drug-likeness (QED) is 0.610. The predicted molar refractivity (Wildman–Crippen MR) is 72.7 cm³/mol. The third-order valence-electron chi connectivity index (χ3n) is 2.76. The molecule has 1 atom stereocenters. The smallest absolute Gasteiger partial charge is 0.00241 e. The molecule has 0 nitrogen and oxygen atoms in total. The van der Waals surface area contributed by atoms with Gasteiger partial charge in [0.1, 0.15) is 0 Å². The fraction of sp³-hybridized carbons (Fsp3) is 0.375. The number of hydrogen-bond acceptors (Lipinski definition) is 0. The van der Waals surface area contributed by atoms with Crippen molar-refractivity contribution in [1.82, 2.24) is 0 Å². The molecule has 0 radical (unpaired) electrons. The second-order valence-corrected chi connectivity index (χ2v) is 3.90. The highest BCUT2D eigenvalue weighted by Crippen LogP contribution is 2.25. The maximum atomic E-state index is 2.33. The van der Waals surface area contributed by atoms with Gasteiger partial charge < -0.3 is 0 Å². The molecule has 0 bridgehead atoms. The summed E-state index contributed by atoms with van der Waals surface area (Å²) in [5, 5.41) is 0. The van der Waals surface area contributed by atoms with Crippen molar-refractivity contribution >= 4 is 0 Å². The molecule has 0 heteroatoms. The summed E-state index contributed by atoms with van der Waals surface area (Å²) in [7, 11) is 0. The van der Waals surface area contributed by atoms with Gasteiger partial charge in [-0.1, -0.05) is 68.0 Å². The lowest BCUT2D eigenvalue weighted by Gasteiger charge is -2.10. The van der Waals surface area contributed by atoms with Crippen LogP contribution in [0.15, 0.2) is 54.1 Å². The summed E-state index contributed by atoms with van der Waals surface area (Å²) in [5.74, 6) is 0.602. The Hall–Kier alpha value is -1.30. The van der Waals surface area contributed by atoms with Crippen molar-refractivity contribution in [2.45, 2.75) is 39.5 Å². The zero-order chi connectivity index (χ0) is 11.8. The molecular weight excluding hydrogens is 192 g/mol. The number of rotatable bonds is 1. The van der Waals surface area contributed by atoms with Crippen LogP contribution in [0.1, 0.15) is 45.1 Å². The molecule has 0 N–H and O–H groups in total. The van der Waals surface area contributed by atoms with E-state index < -0.39 is 0 Å². The summed E-state index contributed by atoms with van der Waals surface area (Å²) in [6.45, 7) is 6.17. The van der Waals surface area contributed by atoms with Gasteiger partial charge in [-0.2, -0.15) is 0 Å². The minimum Gasteiger partial charge on any atom is -0.0816 e. The molecule has 86 valence electrons. The molecule has 0 aromatic heterocycles. The molecule has 0 spiro atoms. The Kier molecular flexibility index (Phi) is 5.63. The zero-order valence-electron chi connectivity index (χ0n) is 10.6. The van der Waals surface area contributed by atoms with E-state index in [-0.39, 0.29) is 0 Å². The van der Waals surface area contributed by atoms with Gasteiger partial charge in [0.2, 0.25) is 0 Å². The van der Waals surface area contributed by atoms with Crippen LogP contribution in [0.2, 0.25) is 0 Å². The maximum Gasteiger partial charge on any atom is 0.00241 e. The molecule has 2 rings (SSSR count). The molecule has 0 aliphatic heterocycles. The van der Waals surface area contributed by atoms with E-state index in [4.69, 9.17) is 0 Å². The van der Waals surface area contributed by atoms with Crippen molar-refractivity contribution in [2.24, 2.45) is 0 Å². The lowest BCUT2D eigenvalue weighted by atomic mass is 9.95. The molecular formula is C16H22. The van der Waals surface area contributed by atoms with E-state index in [1.54, 1.807) is 0 Å². The SMILES string of the molecule is CC.CC1=CCCC(c2ccccc2)C=C1. The Morgan fingerprint density at radius 2 is 1.75 bits per heavy atom. The normalized spacial score (nSPS) is 19.2. The van der Waals surface area contributed by atoms with Gasteiger partial charge in [0.25, 0.3) is 0 Å². The lowest BCUT2D eigenvalue weighted by Crippen LogP contribution is -1.92. The molecule has 0 fully saturated rings. The zero-order valence-corrected chi connectivity index (χ0v) is 10.6. The first-order valence-corrected chi connectivity index (χ1v) is 6.26. The minimum atomic E-state index is 0.602. The highest BCUT2D eigenvalue weighted by molar-refractivity contribution is 5.28. The van der Waals surface area contributed by atoms with Crippen LogP contribution < -0.4 is 0 Å². The van der Waals surface area contributed by atoms with E-state index in [1.165, 1.54) is 24.0 Å². The minimum absolute atomic E-state index is 0.602. The average Bonchev–Trinajstić information content (AvgIpc) is 2.58. The van der Waals surface area contributed by atoms with Gasteiger partial charge in [-0.25, -0.2) is 0 Å². The Morgan fingerprint density at radius 3 is 2.44 bits per heavy atom. The van der Waals surface area contributed by atoms with Gasteiger partial charge in [-0.15, -0.1) is 0 Å². The number of benzene rings is 1. The summed E-state index contributed by atoms with van der Waals surface area (Å²) in [6, 6.07) is 10.8. The molecule has 0 saturated carbocycles. The van der Waals surface area contributed by atoms with Crippen LogP contribution in [0.5, 0.6) is 0 Å². The summed E-state index contributed by atoms with van der Waals surface area (Å²) in [6.07, 6.45) is 9.31. The van der Waals surface area contributed by atoms with Gasteiger partial charge in [-0.3, -0.25) is 0 Å². The van der Waals surface area contributed by atoms with Crippen LogP contribution in [-0.2, 0) is 0 Å². The van der Waals surface area contributed by atoms with E-state index in [1.807, 2.05) is 13.8 Å². The summed E-state index contributed by atoms with van der Waals surface area (Å²) in [4.78, 5) is 0. The molecule has 0 heterocycles. The Balaban J connectivity index is 0.000000606. The third kappa shape index (κ3) is 3.69. The van der Waals surface area contributed by atoms with Crippen molar-refractivity contribution < 1.29 is 0 Å². The molecule has 1 aliphatic carbocycles. The van der Waals surface area contributed by atoms with Gasteiger partial charge in [-0.05, 0) is 25.3 Å². The van der Waals surface area contributed by atoms with E-state index in [2.05, 4.69) is 55.5 Å². The van der Waals surface area contributed by atoms with Crippen LogP contribution in [0.3, 0.4) is 0 Å². The van der Waals surface area contributed by atoms with Crippen LogP contribution in [-0.4, -0.2) is 0 Å². The van der Waals surface area contributed by atoms with Gasteiger partial charge in [0.05, 0.1) is 0 Å². The van der Waals surface area contributed by atoms with Crippen molar-refractivity contribution in [3.05, 3.63) is 59.7 Å². The largest absolute Gasteiger partial charge is 0.0816 e. The predicted octanol–water partition coefficient (Wildman–Crippen LogP) is 5.09. The Labute approximate surface area is 99.7 Å². The second kappa shape index (κ2) is 7.05. The van der Waals surface area contributed by atoms with Crippen LogP contribution in [0, 0.1) is 0 Å². The molecule has 1 aromatic rings. The average molecular weight is 214 g/mol. The second-order valence-electron chi connectivity index (χ2n) is 3.90. The van der Waals surface area contributed by atoms with Gasteiger partial charge in [0.15, 0.2) is 0 Å². The van der Waals surface area contributed by atoms with E-state index in [0.717, 1.165) is 0 Å². The molecule has 1 unspecified atom stereocenters. The Morgan fingerprint density at radius 1 is 1.06 bits per heavy atom. The highest BCUT2D eigenvalue weighted by atomic mass is 14.1. The summed E-state index contributed by atoms with van der Waals surface area (Å²) in [5.41, 5.74) is 2.83. The van der Waals surface area contributed by atoms with Crippen LogP contribution in [0.4, 0.5) is 0 Å². The van der Waals surface area contributed by atoms with Gasteiger partial charge in [0, 0.05) is 5.92 Å². The fourth-order valence-corrected chi connectivity index (χ4v) is 1.90. The number of hydrogen-bond donors (Lipinski definition) is 0. The first kappa shape index (κ1) is 12.8. The monoisotopic (exact) mass is 214 g/mol. The van der Waals surface area contributed by atoms with Crippen molar-refractivity contribution in [3.63, 3.8) is 0 Å². The summed E-state index contributed by atoms with van der Waals surface area (Å²) < 4.78 is 0. The van der Waals surface area contributed by atoms with Crippen molar-refractivity contribution in [1.29, 1.82) is 0 Å². The van der Waals surface area contributed by atoms with E-state index in [9.17, 15) is 0 Å². The van der Waals surface area contributed by atoms with Crippen LogP contribution in [0.25, 0.3) is 0 Å². The van der Waals surface area contributed by atoms with E-state index >= 15 is 0 Å². The maximum absolute atomic E-state index is 2.33. The Bertz CT molecular complexity index is 344. The molecule has 0 amide bonds. The first-order chi connectivity index (χ1) is 7.86. The highest BCUT2D eigenvalue weighted by Gasteiger charge is 2.08. The molecule has 16 heavy (non-hydrogen) atoms.